The molecule has 0 aliphatic carbocycles. The average Bonchev–Trinajstić information content (AvgIpc) is 3.03. The molecular formula is C22H26Cl2N2O7S. The number of benzene rings is 1. The molecule has 2 aromatic rings. The predicted octanol–water partition coefficient (Wildman–Crippen LogP) is 3.84. The molecule has 0 aliphatic rings. The van der Waals surface area contributed by atoms with Crippen LogP contribution in [0.25, 0.3) is 0 Å². The van der Waals surface area contributed by atoms with Crippen LogP contribution in [-0.2, 0) is 24.3 Å². The summed E-state index contributed by atoms with van der Waals surface area (Å²) in [4.78, 5) is 39.9. The summed E-state index contributed by atoms with van der Waals surface area (Å²) in [6.07, 6.45) is 0. The predicted molar refractivity (Wildman–Crippen MR) is 127 cm³/mol. The van der Waals surface area contributed by atoms with Crippen molar-refractivity contribution in [3.8, 4) is 0 Å². The number of hydrogen-bond donors (Lipinski definition) is 2. The minimum atomic E-state index is -4.28. The number of esters is 2. The van der Waals surface area contributed by atoms with Crippen molar-refractivity contribution in [3.05, 3.63) is 50.8 Å². The van der Waals surface area contributed by atoms with E-state index in [0.29, 0.717) is 11.3 Å². The van der Waals surface area contributed by atoms with Gasteiger partial charge in [0.15, 0.2) is 6.61 Å². The van der Waals surface area contributed by atoms with E-state index in [4.69, 9.17) is 32.7 Å². The van der Waals surface area contributed by atoms with Crippen molar-refractivity contribution in [2.24, 2.45) is 5.92 Å². The Morgan fingerprint density at radius 2 is 1.68 bits per heavy atom. The van der Waals surface area contributed by atoms with E-state index in [1.807, 2.05) is 0 Å². The van der Waals surface area contributed by atoms with Crippen LogP contribution in [0.15, 0.2) is 23.1 Å². The first kappa shape index (κ1) is 27.8. The fraction of sp³-hybridized carbons (Fsp3) is 0.409. The molecule has 0 radical (unpaired) electrons. The van der Waals surface area contributed by atoms with Gasteiger partial charge in [0, 0.05) is 5.69 Å². The molecular weight excluding hydrogens is 507 g/mol. The number of ketones is 1. The second kappa shape index (κ2) is 11.4. The van der Waals surface area contributed by atoms with E-state index in [-0.39, 0.29) is 32.8 Å². The SMILES string of the molecule is CCOC(=O)c1c(C)[nH]c(C(=O)COC(=O)[C@H](NS(=O)(=O)c2c(Cl)cccc2Cl)C(C)C)c1C. The highest BCUT2D eigenvalue weighted by Gasteiger charge is 2.33. The molecule has 1 aromatic carbocycles. The minimum absolute atomic E-state index is 0.0953. The Morgan fingerprint density at radius 1 is 1.09 bits per heavy atom. The number of halogens is 2. The quantitative estimate of drug-likeness (QED) is 0.350. The van der Waals surface area contributed by atoms with Gasteiger partial charge >= 0.3 is 11.9 Å². The molecule has 0 spiro atoms. The third kappa shape index (κ3) is 6.18. The van der Waals surface area contributed by atoms with Crippen LogP contribution in [0, 0.1) is 19.8 Å². The maximum Gasteiger partial charge on any atom is 0.340 e. The van der Waals surface area contributed by atoms with Gasteiger partial charge in [0.2, 0.25) is 15.8 Å². The monoisotopic (exact) mass is 532 g/mol. The van der Waals surface area contributed by atoms with Gasteiger partial charge in [-0.25, -0.2) is 13.2 Å². The number of aryl methyl sites for hydroxylation is 1. The van der Waals surface area contributed by atoms with E-state index in [9.17, 15) is 22.8 Å². The molecule has 0 amide bonds. The molecule has 1 heterocycles. The van der Waals surface area contributed by atoms with Gasteiger partial charge < -0.3 is 14.5 Å². The third-order valence-electron chi connectivity index (χ3n) is 4.93. The zero-order valence-corrected chi connectivity index (χ0v) is 21.7. The molecule has 186 valence electrons. The number of rotatable bonds is 10. The molecule has 1 aromatic heterocycles. The van der Waals surface area contributed by atoms with Crippen LogP contribution in [0.5, 0.6) is 0 Å². The summed E-state index contributed by atoms with van der Waals surface area (Å²) >= 11 is 12.0. The van der Waals surface area contributed by atoms with Crippen molar-refractivity contribution >= 4 is 50.9 Å². The van der Waals surface area contributed by atoms with E-state index in [1.54, 1.807) is 34.6 Å². The van der Waals surface area contributed by atoms with Crippen molar-refractivity contribution in [1.29, 1.82) is 0 Å². The van der Waals surface area contributed by atoms with E-state index in [0.717, 1.165) is 0 Å². The number of sulfonamides is 1. The molecule has 0 aliphatic heterocycles. The topological polar surface area (TPSA) is 132 Å². The Labute approximate surface area is 208 Å². The Hall–Kier alpha value is -2.40. The van der Waals surface area contributed by atoms with Gasteiger partial charge in [-0.3, -0.25) is 9.59 Å². The molecule has 9 nitrogen and oxygen atoms in total. The van der Waals surface area contributed by atoms with Gasteiger partial charge in [0.1, 0.15) is 10.9 Å². The van der Waals surface area contributed by atoms with E-state index >= 15 is 0 Å². The van der Waals surface area contributed by atoms with Crippen molar-refractivity contribution in [2.45, 2.75) is 45.6 Å². The molecule has 12 heteroatoms. The highest BCUT2D eigenvalue weighted by atomic mass is 35.5. The van der Waals surface area contributed by atoms with Crippen LogP contribution in [-0.4, -0.2) is 50.4 Å². The number of nitrogens with one attached hydrogen (secondary N) is 2. The van der Waals surface area contributed by atoms with Gasteiger partial charge in [-0.15, -0.1) is 0 Å². The molecule has 34 heavy (non-hydrogen) atoms. The average molecular weight is 533 g/mol. The third-order valence-corrected chi connectivity index (χ3v) is 7.33. The Kier molecular flexibility index (Phi) is 9.29. The smallest absolute Gasteiger partial charge is 0.340 e. The zero-order chi connectivity index (χ0) is 25.8. The lowest BCUT2D eigenvalue weighted by Gasteiger charge is -2.21. The van der Waals surface area contributed by atoms with Crippen LogP contribution in [0.1, 0.15) is 52.9 Å². The van der Waals surface area contributed by atoms with Gasteiger partial charge in [0.25, 0.3) is 0 Å². The standard InChI is InChI=1S/C22H26Cl2N2O7S/c1-6-32-21(28)17-12(4)19(25-13(17)5)16(27)10-33-22(29)18(11(2)3)26-34(30,31)20-14(23)8-7-9-15(20)24/h7-9,11,18,25-26H,6,10H2,1-5H3/t18-/m1/s1. The lowest BCUT2D eigenvalue weighted by atomic mass is 10.1. The second-order valence-corrected chi connectivity index (χ2v) is 10.2. The maximum atomic E-state index is 12.9. The van der Waals surface area contributed by atoms with Crippen molar-refractivity contribution in [3.63, 3.8) is 0 Å². The number of Topliss-reactive ketones (excluding diaryl/α,β-unsaturated/α-hetero) is 1. The summed E-state index contributed by atoms with van der Waals surface area (Å²) in [5.41, 5.74) is 1.14. The van der Waals surface area contributed by atoms with E-state index in [2.05, 4.69) is 9.71 Å². The summed E-state index contributed by atoms with van der Waals surface area (Å²) in [5.74, 6) is -2.65. The van der Waals surface area contributed by atoms with Crippen LogP contribution in [0.2, 0.25) is 10.0 Å². The summed E-state index contributed by atoms with van der Waals surface area (Å²) in [6.45, 7) is 7.58. The summed E-state index contributed by atoms with van der Waals surface area (Å²) in [6, 6.07) is 2.89. The molecule has 0 bridgehead atoms. The molecule has 0 saturated heterocycles. The summed E-state index contributed by atoms with van der Waals surface area (Å²) < 4.78 is 38.1. The number of aromatic amines is 1. The van der Waals surface area contributed by atoms with Crippen molar-refractivity contribution in [1.82, 2.24) is 9.71 Å². The number of aromatic nitrogens is 1. The Bertz CT molecular complexity index is 1190. The van der Waals surface area contributed by atoms with Crippen LogP contribution >= 0.6 is 23.2 Å². The van der Waals surface area contributed by atoms with Crippen molar-refractivity contribution < 1.29 is 32.3 Å². The largest absolute Gasteiger partial charge is 0.462 e. The zero-order valence-electron chi connectivity index (χ0n) is 19.3. The molecule has 2 N–H and O–H groups in total. The fourth-order valence-electron chi connectivity index (χ4n) is 3.26. The second-order valence-electron chi connectivity index (χ2n) is 7.77. The highest BCUT2D eigenvalue weighted by molar-refractivity contribution is 7.89. The number of ether oxygens (including phenoxy) is 2. The van der Waals surface area contributed by atoms with E-state index in [1.165, 1.54) is 18.2 Å². The first-order valence-corrected chi connectivity index (χ1v) is 12.6. The first-order valence-electron chi connectivity index (χ1n) is 10.3. The summed E-state index contributed by atoms with van der Waals surface area (Å²) in [7, 11) is -4.28. The fourth-order valence-corrected chi connectivity index (χ4v) is 5.74. The molecule has 1 atom stereocenters. The molecule has 0 fully saturated rings. The normalized spacial score (nSPS) is 12.5. The molecule has 0 saturated carbocycles. The maximum absolute atomic E-state index is 12.9. The lowest BCUT2D eigenvalue weighted by molar-refractivity contribution is -0.145. The molecule has 0 unspecified atom stereocenters. The van der Waals surface area contributed by atoms with Crippen LogP contribution < -0.4 is 4.72 Å². The van der Waals surface area contributed by atoms with Gasteiger partial charge in [-0.1, -0.05) is 43.1 Å². The van der Waals surface area contributed by atoms with Crippen LogP contribution in [0.3, 0.4) is 0 Å². The van der Waals surface area contributed by atoms with Gasteiger partial charge in [-0.2, -0.15) is 4.72 Å². The lowest BCUT2D eigenvalue weighted by Crippen LogP contribution is -2.45. The first-order chi connectivity index (χ1) is 15.8. The van der Waals surface area contributed by atoms with Gasteiger partial charge in [-0.05, 0) is 44.4 Å². The Balaban J connectivity index is 2.18. The Morgan fingerprint density at radius 3 is 2.21 bits per heavy atom. The number of carbonyl (C=O) groups excluding carboxylic acids is 3. The molecule has 2 rings (SSSR count). The number of H-pyrrole nitrogens is 1. The number of hydrogen-bond acceptors (Lipinski definition) is 7. The van der Waals surface area contributed by atoms with Gasteiger partial charge in [0.05, 0.1) is 27.9 Å². The summed E-state index contributed by atoms with van der Waals surface area (Å²) in [5, 5.41) is -0.220. The minimum Gasteiger partial charge on any atom is -0.462 e. The highest BCUT2D eigenvalue weighted by Crippen LogP contribution is 2.29. The van der Waals surface area contributed by atoms with Crippen LogP contribution in [0.4, 0.5) is 0 Å². The van der Waals surface area contributed by atoms with E-state index < -0.39 is 46.3 Å². The number of carbonyl (C=O) groups is 3. The van der Waals surface area contributed by atoms with Crippen molar-refractivity contribution in [2.75, 3.05) is 13.2 Å².